The van der Waals surface area contributed by atoms with E-state index in [1.165, 1.54) is 0 Å². The lowest BCUT2D eigenvalue weighted by Crippen LogP contribution is -2.11. The number of benzene rings is 1. The van der Waals surface area contributed by atoms with Crippen LogP contribution in [0.5, 0.6) is 0 Å². The SMILES string of the molecule is Cc1cc(F)c(C(C)C)cc1N(C)C. The molecule has 0 heterocycles. The van der Waals surface area contributed by atoms with Gasteiger partial charge in [-0.3, -0.25) is 0 Å². The number of rotatable bonds is 2. The Balaban J connectivity index is 3.27. The first kappa shape index (κ1) is 11.0. The molecule has 0 aliphatic heterocycles. The molecular weight excluding hydrogens is 177 g/mol. The van der Waals surface area contributed by atoms with Gasteiger partial charge in [0.15, 0.2) is 0 Å². The van der Waals surface area contributed by atoms with E-state index in [1.807, 2.05) is 45.8 Å². The highest BCUT2D eigenvalue weighted by Gasteiger charge is 2.10. The highest BCUT2D eigenvalue weighted by atomic mass is 19.1. The molecule has 0 amide bonds. The van der Waals surface area contributed by atoms with Crippen LogP contribution < -0.4 is 4.90 Å². The largest absolute Gasteiger partial charge is 0.377 e. The van der Waals surface area contributed by atoms with E-state index in [-0.39, 0.29) is 11.7 Å². The van der Waals surface area contributed by atoms with Crippen molar-refractivity contribution < 1.29 is 4.39 Å². The third kappa shape index (κ3) is 2.06. The van der Waals surface area contributed by atoms with E-state index in [4.69, 9.17) is 0 Å². The molecule has 1 aromatic carbocycles. The van der Waals surface area contributed by atoms with Crippen LogP contribution in [0, 0.1) is 12.7 Å². The molecule has 1 rings (SSSR count). The first-order valence-electron chi connectivity index (χ1n) is 4.91. The molecule has 14 heavy (non-hydrogen) atoms. The van der Waals surface area contributed by atoms with Gasteiger partial charge in [0.2, 0.25) is 0 Å². The Hall–Kier alpha value is -1.05. The molecule has 0 N–H and O–H groups in total. The molecule has 0 saturated carbocycles. The first-order valence-corrected chi connectivity index (χ1v) is 4.91. The van der Waals surface area contributed by atoms with Gasteiger partial charge < -0.3 is 4.90 Å². The first-order chi connectivity index (χ1) is 6.43. The predicted octanol–water partition coefficient (Wildman–Crippen LogP) is 3.32. The summed E-state index contributed by atoms with van der Waals surface area (Å²) in [4.78, 5) is 2.01. The Bertz CT molecular complexity index is 300. The van der Waals surface area contributed by atoms with Crippen molar-refractivity contribution >= 4 is 5.69 Å². The molecule has 0 atom stereocenters. The second-order valence-corrected chi connectivity index (χ2v) is 4.21. The Kier molecular flexibility index (Phi) is 3.14. The van der Waals surface area contributed by atoms with Crippen LogP contribution in [0.3, 0.4) is 0 Å². The molecule has 1 nitrogen and oxygen atoms in total. The second kappa shape index (κ2) is 3.99. The van der Waals surface area contributed by atoms with Crippen LogP contribution >= 0.6 is 0 Å². The van der Waals surface area contributed by atoms with E-state index in [0.717, 1.165) is 16.8 Å². The predicted molar refractivity (Wildman–Crippen MR) is 59.6 cm³/mol. The minimum atomic E-state index is -0.0944. The number of nitrogens with zero attached hydrogens (tertiary/aromatic N) is 1. The zero-order chi connectivity index (χ0) is 10.9. The third-order valence-electron chi connectivity index (χ3n) is 2.42. The van der Waals surface area contributed by atoms with Crippen LogP contribution in [0.25, 0.3) is 0 Å². The fourth-order valence-corrected chi connectivity index (χ4v) is 1.60. The Morgan fingerprint density at radius 3 is 2.21 bits per heavy atom. The summed E-state index contributed by atoms with van der Waals surface area (Å²) in [6.07, 6.45) is 0. The van der Waals surface area contributed by atoms with Crippen LogP contribution in [0.2, 0.25) is 0 Å². The topological polar surface area (TPSA) is 3.24 Å². The average Bonchev–Trinajstić information content (AvgIpc) is 2.02. The van der Waals surface area contributed by atoms with Gasteiger partial charge in [-0.05, 0) is 36.1 Å². The van der Waals surface area contributed by atoms with Crippen molar-refractivity contribution in [1.29, 1.82) is 0 Å². The summed E-state index contributed by atoms with van der Waals surface area (Å²) in [5.41, 5.74) is 2.87. The van der Waals surface area contributed by atoms with Gasteiger partial charge in [-0.25, -0.2) is 4.39 Å². The highest BCUT2D eigenvalue weighted by Crippen LogP contribution is 2.26. The van der Waals surface area contributed by atoms with Crippen LogP contribution in [0.15, 0.2) is 12.1 Å². The van der Waals surface area contributed by atoms with E-state index in [2.05, 4.69) is 0 Å². The maximum Gasteiger partial charge on any atom is 0.127 e. The molecule has 0 bridgehead atoms. The van der Waals surface area contributed by atoms with Crippen molar-refractivity contribution in [3.05, 3.63) is 29.1 Å². The molecular formula is C12H18FN. The Morgan fingerprint density at radius 2 is 1.79 bits per heavy atom. The smallest absolute Gasteiger partial charge is 0.127 e. The molecule has 0 radical (unpaired) electrons. The number of hydrogen-bond acceptors (Lipinski definition) is 1. The van der Waals surface area contributed by atoms with E-state index in [1.54, 1.807) is 6.07 Å². The summed E-state index contributed by atoms with van der Waals surface area (Å²) >= 11 is 0. The van der Waals surface area contributed by atoms with Crippen molar-refractivity contribution in [3.63, 3.8) is 0 Å². The molecule has 0 spiro atoms. The molecule has 0 unspecified atom stereocenters. The van der Waals surface area contributed by atoms with Gasteiger partial charge in [0.25, 0.3) is 0 Å². The van der Waals surface area contributed by atoms with Gasteiger partial charge in [0.05, 0.1) is 0 Å². The van der Waals surface area contributed by atoms with Crippen molar-refractivity contribution in [1.82, 2.24) is 0 Å². The molecule has 0 aromatic heterocycles. The maximum absolute atomic E-state index is 13.5. The lowest BCUT2D eigenvalue weighted by molar-refractivity contribution is 0.597. The van der Waals surface area contributed by atoms with Gasteiger partial charge >= 0.3 is 0 Å². The normalized spacial score (nSPS) is 10.8. The second-order valence-electron chi connectivity index (χ2n) is 4.21. The van der Waals surface area contributed by atoms with E-state index >= 15 is 0 Å². The van der Waals surface area contributed by atoms with Crippen molar-refractivity contribution in [2.75, 3.05) is 19.0 Å². The van der Waals surface area contributed by atoms with Gasteiger partial charge in [0, 0.05) is 19.8 Å². The fraction of sp³-hybridized carbons (Fsp3) is 0.500. The quantitative estimate of drug-likeness (QED) is 0.699. The third-order valence-corrected chi connectivity index (χ3v) is 2.42. The fourth-order valence-electron chi connectivity index (χ4n) is 1.60. The molecule has 0 fully saturated rings. The summed E-state index contributed by atoms with van der Waals surface area (Å²) < 4.78 is 13.5. The lowest BCUT2D eigenvalue weighted by atomic mass is 9.99. The van der Waals surface area contributed by atoms with Gasteiger partial charge in [-0.1, -0.05) is 13.8 Å². The minimum Gasteiger partial charge on any atom is -0.377 e. The van der Waals surface area contributed by atoms with Gasteiger partial charge in [-0.2, -0.15) is 0 Å². The van der Waals surface area contributed by atoms with Crippen LogP contribution in [0.1, 0.15) is 30.9 Å². The van der Waals surface area contributed by atoms with Crippen molar-refractivity contribution in [2.45, 2.75) is 26.7 Å². The number of halogens is 1. The molecule has 0 aliphatic carbocycles. The van der Waals surface area contributed by atoms with Crippen molar-refractivity contribution in [2.24, 2.45) is 0 Å². The van der Waals surface area contributed by atoms with Crippen LogP contribution in [0.4, 0.5) is 10.1 Å². The van der Waals surface area contributed by atoms with Crippen LogP contribution in [-0.2, 0) is 0 Å². The molecule has 1 aromatic rings. The monoisotopic (exact) mass is 195 g/mol. The standard InChI is InChI=1S/C12H18FN/c1-8(2)10-7-12(14(4)5)9(3)6-11(10)13/h6-8H,1-5H3. The van der Waals surface area contributed by atoms with Crippen LogP contribution in [-0.4, -0.2) is 14.1 Å². The summed E-state index contributed by atoms with van der Waals surface area (Å²) in [6.45, 7) is 5.95. The Labute approximate surface area is 85.5 Å². The molecule has 2 heteroatoms. The lowest BCUT2D eigenvalue weighted by Gasteiger charge is -2.18. The van der Waals surface area contributed by atoms with Crippen molar-refractivity contribution in [3.8, 4) is 0 Å². The molecule has 78 valence electrons. The Morgan fingerprint density at radius 1 is 1.21 bits per heavy atom. The summed E-state index contributed by atoms with van der Waals surface area (Å²) in [6, 6.07) is 3.56. The van der Waals surface area contributed by atoms with E-state index in [0.29, 0.717) is 0 Å². The van der Waals surface area contributed by atoms with E-state index < -0.39 is 0 Å². The van der Waals surface area contributed by atoms with E-state index in [9.17, 15) is 4.39 Å². The number of hydrogen-bond donors (Lipinski definition) is 0. The molecule has 0 saturated heterocycles. The summed E-state index contributed by atoms with van der Waals surface area (Å²) in [5.74, 6) is 0.136. The zero-order valence-corrected chi connectivity index (χ0v) is 9.56. The van der Waals surface area contributed by atoms with Gasteiger partial charge in [-0.15, -0.1) is 0 Å². The average molecular weight is 195 g/mol. The zero-order valence-electron chi connectivity index (χ0n) is 9.56. The number of anilines is 1. The summed E-state index contributed by atoms with van der Waals surface area (Å²) in [7, 11) is 3.95. The highest BCUT2D eigenvalue weighted by molar-refractivity contribution is 5.54. The van der Waals surface area contributed by atoms with Gasteiger partial charge in [0.1, 0.15) is 5.82 Å². The molecule has 0 aliphatic rings. The minimum absolute atomic E-state index is 0.0944. The number of aryl methyl sites for hydroxylation is 1. The maximum atomic E-state index is 13.5. The summed E-state index contributed by atoms with van der Waals surface area (Å²) in [5, 5.41) is 0.